The SMILES string of the molecule is O=c1cc(CNC23CC4CC(CC(C4)C2)C3)nc2ccc(Br)cn12. The first kappa shape index (κ1) is 15.1. The normalized spacial score (nSPS) is 34.1. The van der Waals surface area contributed by atoms with E-state index in [4.69, 9.17) is 0 Å². The summed E-state index contributed by atoms with van der Waals surface area (Å²) in [4.78, 5) is 17.0. The summed E-state index contributed by atoms with van der Waals surface area (Å²) >= 11 is 3.41. The fraction of sp³-hybridized carbons (Fsp3) is 0.579. The molecular weight excluding hydrogens is 366 g/mol. The van der Waals surface area contributed by atoms with Gasteiger partial charge in [-0.2, -0.15) is 0 Å². The fourth-order valence-corrected chi connectivity index (χ4v) is 6.16. The third kappa shape index (κ3) is 2.53. The molecule has 1 N–H and O–H groups in total. The maximum Gasteiger partial charge on any atom is 0.258 e. The van der Waals surface area contributed by atoms with Gasteiger partial charge < -0.3 is 5.32 Å². The number of fused-ring (bicyclic) bond motifs is 1. The molecule has 0 saturated heterocycles. The van der Waals surface area contributed by atoms with E-state index >= 15 is 0 Å². The van der Waals surface area contributed by atoms with Crippen LogP contribution < -0.4 is 10.9 Å². The summed E-state index contributed by atoms with van der Waals surface area (Å²) in [5, 5.41) is 3.83. The molecule has 4 nitrogen and oxygen atoms in total. The average Bonchev–Trinajstić information content (AvgIpc) is 2.52. The van der Waals surface area contributed by atoms with E-state index in [1.165, 1.54) is 38.5 Å². The molecule has 2 heterocycles. The van der Waals surface area contributed by atoms with Gasteiger partial charge in [0.05, 0.1) is 5.69 Å². The first-order chi connectivity index (χ1) is 11.6. The van der Waals surface area contributed by atoms with E-state index < -0.39 is 0 Å². The van der Waals surface area contributed by atoms with Gasteiger partial charge in [0.2, 0.25) is 0 Å². The van der Waals surface area contributed by atoms with Crippen molar-refractivity contribution in [3.63, 3.8) is 0 Å². The molecule has 0 unspecified atom stereocenters. The highest BCUT2D eigenvalue weighted by Crippen LogP contribution is 2.55. The van der Waals surface area contributed by atoms with E-state index in [-0.39, 0.29) is 5.56 Å². The monoisotopic (exact) mass is 387 g/mol. The van der Waals surface area contributed by atoms with Crippen molar-refractivity contribution in [1.29, 1.82) is 0 Å². The lowest BCUT2D eigenvalue weighted by atomic mass is 9.53. The van der Waals surface area contributed by atoms with E-state index in [0.717, 1.165) is 27.9 Å². The molecule has 24 heavy (non-hydrogen) atoms. The van der Waals surface area contributed by atoms with Crippen molar-refractivity contribution in [2.24, 2.45) is 17.8 Å². The van der Waals surface area contributed by atoms with Crippen molar-refractivity contribution >= 4 is 21.6 Å². The third-order valence-corrected chi connectivity index (χ3v) is 6.83. The lowest BCUT2D eigenvalue weighted by molar-refractivity contribution is -0.0207. The molecule has 0 amide bonds. The molecule has 5 heteroatoms. The number of aromatic nitrogens is 2. The molecule has 0 atom stereocenters. The minimum absolute atomic E-state index is 0.0105. The standard InChI is InChI=1S/C19H22BrN3O/c20-15-1-2-17-22-16(6-18(24)23(17)11-15)10-21-19-7-12-3-13(8-19)5-14(4-12)9-19/h1-2,6,11-14,21H,3-5,7-10H2. The third-order valence-electron chi connectivity index (χ3n) is 6.36. The Bertz CT molecular complexity index is 824. The maximum absolute atomic E-state index is 12.3. The second kappa shape index (κ2) is 5.40. The summed E-state index contributed by atoms with van der Waals surface area (Å²) in [5.41, 5.74) is 1.87. The summed E-state index contributed by atoms with van der Waals surface area (Å²) in [6.07, 6.45) is 10.1. The predicted molar refractivity (Wildman–Crippen MR) is 96.9 cm³/mol. The van der Waals surface area contributed by atoms with E-state index in [1.807, 2.05) is 12.1 Å². The van der Waals surface area contributed by atoms with Crippen LogP contribution in [0.1, 0.15) is 44.2 Å². The van der Waals surface area contributed by atoms with Crippen LogP contribution in [0.4, 0.5) is 0 Å². The average molecular weight is 388 g/mol. The van der Waals surface area contributed by atoms with Crippen molar-refractivity contribution in [1.82, 2.24) is 14.7 Å². The van der Waals surface area contributed by atoms with Crippen LogP contribution in [0, 0.1) is 17.8 Å². The van der Waals surface area contributed by atoms with Gasteiger partial charge in [0.1, 0.15) is 5.65 Å². The van der Waals surface area contributed by atoms with Crippen LogP contribution in [-0.4, -0.2) is 14.9 Å². The molecule has 2 aromatic heterocycles. The van der Waals surface area contributed by atoms with Gasteiger partial charge in [-0.3, -0.25) is 9.20 Å². The predicted octanol–water partition coefficient (Wildman–Crippen LogP) is 3.52. The second-order valence-electron chi connectivity index (χ2n) is 8.21. The molecule has 4 aliphatic rings. The zero-order chi connectivity index (χ0) is 16.3. The summed E-state index contributed by atoms with van der Waals surface area (Å²) < 4.78 is 2.48. The summed E-state index contributed by atoms with van der Waals surface area (Å²) in [6, 6.07) is 5.49. The Hall–Kier alpha value is -1.20. The van der Waals surface area contributed by atoms with Crippen molar-refractivity contribution < 1.29 is 0 Å². The Morgan fingerprint density at radius 3 is 2.50 bits per heavy atom. The largest absolute Gasteiger partial charge is 0.306 e. The highest BCUT2D eigenvalue weighted by Gasteiger charge is 2.50. The van der Waals surface area contributed by atoms with Crippen molar-refractivity contribution in [2.75, 3.05) is 0 Å². The van der Waals surface area contributed by atoms with Crippen LogP contribution in [0.15, 0.2) is 33.7 Å². The highest BCUT2D eigenvalue weighted by molar-refractivity contribution is 9.10. The topological polar surface area (TPSA) is 46.4 Å². The number of nitrogens with zero attached hydrogens (tertiary/aromatic N) is 2. The van der Waals surface area contributed by atoms with Crippen LogP contribution in [0.2, 0.25) is 0 Å². The summed E-state index contributed by atoms with van der Waals surface area (Å²) in [5.74, 6) is 2.78. The minimum Gasteiger partial charge on any atom is -0.306 e. The van der Waals surface area contributed by atoms with Gasteiger partial charge in [0.15, 0.2) is 0 Å². The molecule has 0 radical (unpaired) electrons. The smallest absolute Gasteiger partial charge is 0.258 e. The first-order valence-corrected chi connectivity index (χ1v) is 9.81. The van der Waals surface area contributed by atoms with E-state index in [9.17, 15) is 4.79 Å². The number of halogens is 1. The van der Waals surface area contributed by atoms with Gasteiger partial charge in [0, 0.05) is 28.8 Å². The lowest BCUT2D eigenvalue weighted by Crippen LogP contribution is -2.58. The van der Waals surface area contributed by atoms with E-state index in [2.05, 4.69) is 26.2 Å². The molecule has 0 spiro atoms. The molecular formula is C19H22BrN3O. The fourth-order valence-electron chi connectivity index (χ4n) is 5.82. The number of pyridine rings is 1. The number of hydrogen-bond donors (Lipinski definition) is 1. The Kier molecular flexibility index (Phi) is 3.39. The zero-order valence-corrected chi connectivity index (χ0v) is 15.3. The van der Waals surface area contributed by atoms with Crippen molar-refractivity contribution in [2.45, 2.75) is 50.6 Å². The molecule has 2 aromatic rings. The lowest BCUT2D eigenvalue weighted by Gasteiger charge is -2.57. The molecule has 0 aliphatic heterocycles. The Labute approximate surface area is 149 Å². The van der Waals surface area contributed by atoms with Gasteiger partial charge in [-0.25, -0.2) is 4.98 Å². The summed E-state index contributed by atoms with van der Waals surface area (Å²) in [6.45, 7) is 0.702. The molecule has 4 aliphatic carbocycles. The van der Waals surface area contributed by atoms with Crippen molar-refractivity contribution in [3.8, 4) is 0 Å². The van der Waals surface area contributed by atoms with Crippen LogP contribution in [0.5, 0.6) is 0 Å². The molecule has 4 fully saturated rings. The second-order valence-corrected chi connectivity index (χ2v) is 9.13. The quantitative estimate of drug-likeness (QED) is 0.876. The maximum atomic E-state index is 12.3. The number of nitrogens with one attached hydrogen (secondary N) is 1. The van der Waals surface area contributed by atoms with Gasteiger partial charge >= 0.3 is 0 Å². The zero-order valence-electron chi connectivity index (χ0n) is 13.7. The van der Waals surface area contributed by atoms with Crippen molar-refractivity contribution in [3.05, 3.63) is 44.9 Å². The molecule has 0 aromatic carbocycles. The summed E-state index contributed by atoms with van der Waals surface area (Å²) in [7, 11) is 0. The molecule has 4 bridgehead atoms. The molecule has 126 valence electrons. The first-order valence-electron chi connectivity index (χ1n) is 9.01. The molecule has 6 rings (SSSR count). The Morgan fingerprint density at radius 2 is 1.83 bits per heavy atom. The van der Waals surface area contributed by atoms with Gasteiger partial charge in [-0.15, -0.1) is 0 Å². The van der Waals surface area contributed by atoms with Gasteiger partial charge in [0.25, 0.3) is 5.56 Å². The highest BCUT2D eigenvalue weighted by atomic mass is 79.9. The Morgan fingerprint density at radius 1 is 1.17 bits per heavy atom. The van der Waals surface area contributed by atoms with Crippen LogP contribution in [0.3, 0.4) is 0 Å². The van der Waals surface area contributed by atoms with Gasteiger partial charge in [-0.1, -0.05) is 0 Å². The number of rotatable bonds is 3. The van der Waals surface area contributed by atoms with E-state index in [1.54, 1.807) is 16.7 Å². The number of hydrogen-bond acceptors (Lipinski definition) is 3. The van der Waals surface area contributed by atoms with Crippen LogP contribution >= 0.6 is 15.9 Å². The Balaban J connectivity index is 1.40. The molecule has 4 saturated carbocycles. The minimum atomic E-state index is -0.0105. The van der Waals surface area contributed by atoms with Gasteiger partial charge in [-0.05, 0) is 84.3 Å². The van der Waals surface area contributed by atoms with Crippen LogP contribution in [-0.2, 0) is 6.54 Å². The van der Waals surface area contributed by atoms with E-state index in [0.29, 0.717) is 17.7 Å². The van der Waals surface area contributed by atoms with Crippen LogP contribution in [0.25, 0.3) is 5.65 Å².